The van der Waals surface area contributed by atoms with E-state index in [0.29, 0.717) is 5.92 Å². The van der Waals surface area contributed by atoms with E-state index in [4.69, 9.17) is 16.7 Å². The number of fused-ring (bicyclic) bond motifs is 1. The summed E-state index contributed by atoms with van der Waals surface area (Å²) in [5.41, 5.74) is 5.01. The Balaban J connectivity index is 2.13. The maximum atomic E-state index is 5.96. The van der Waals surface area contributed by atoms with Gasteiger partial charge < -0.3 is 5.32 Å². The summed E-state index contributed by atoms with van der Waals surface area (Å²) < 4.78 is 2.09. The number of aromatic nitrogens is 2. The average molecular weight is 276 g/mol. The average Bonchev–Trinajstić information content (AvgIpc) is 2.79. The normalized spacial score (nSPS) is 14.7. The Bertz CT molecular complexity index is 584. The second kappa shape index (κ2) is 4.99. The Morgan fingerprint density at radius 3 is 2.68 bits per heavy atom. The van der Waals surface area contributed by atoms with Crippen LogP contribution in [-0.2, 0) is 13.0 Å². The van der Waals surface area contributed by atoms with Crippen LogP contribution in [0.3, 0.4) is 0 Å². The van der Waals surface area contributed by atoms with E-state index in [1.165, 1.54) is 17.0 Å². The van der Waals surface area contributed by atoms with Gasteiger partial charge in [-0.05, 0) is 30.2 Å². The Labute approximate surface area is 118 Å². The van der Waals surface area contributed by atoms with Gasteiger partial charge >= 0.3 is 0 Å². The van der Waals surface area contributed by atoms with Crippen LogP contribution in [0.1, 0.15) is 36.7 Å². The van der Waals surface area contributed by atoms with Crippen LogP contribution < -0.4 is 5.32 Å². The summed E-state index contributed by atoms with van der Waals surface area (Å²) in [7, 11) is 0. The number of hydrogen-bond acceptors (Lipinski definition) is 2. The molecular formula is C15H18ClN3. The highest BCUT2D eigenvalue weighted by atomic mass is 35.5. The minimum atomic E-state index is 0.446. The maximum Gasteiger partial charge on any atom is 0.0702 e. The fraction of sp³-hybridized carbons (Fsp3) is 0.400. The molecule has 1 N–H and O–H groups in total. The van der Waals surface area contributed by atoms with Crippen LogP contribution in [0.4, 0.5) is 0 Å². The summed E-state index contributed by atoms with van der Waals surface area (Å²) >= 11 is 5.96. The molecule has 0 unspecified atom stereocenters. The number of hydrogen-bond donors (Lipinski definition) is 1. The highest BCUT2D eigenvalue weighted by molar-refractivity contribution is 6.30. The summed E-state index contributed by atoms with van der Waals surface area (Å²) in [5, 5.41) is 9.02. The molecule has 0 atom stereocenters. The van der Waals surface area contributed by atoms with Crippen molar-refractivity contribution in [2.75, 3.05) is 6.54 Å². The molecule has 0 fully saturated rings. The molecule has 0 saturated carbocycles. The lowest BCUT2D eigenvalue weighted by molar-refractivity contribution is 0.620. The summed E-state index contributed by atoms with van der Waals surface area (Å²) in [5.74, 6) is 0.446. The van der Waals surface area contributed by atoms with Crippen molar-refractivity contribution < 1.29 is 0 Å². The van der Waals surface area contributed by atoms with Gasteiger partial charge in [0.1, 0.15) is 0 Å². The first kappa shape index (κ1) is 12.7. The van der Waals surface area contributed by atoms with Crippen LogP contribution in [-0.4, -0.2) is 16.3 Å². The smallest absolute Gasteiger partial charge is 0.0702 e. The van der Waals surface area contributed by atoms with Crippen molar-refractivity contribution in [3.8, 4) is 5.69 Å². The van der Waals surface area contributed by atoms with E-state index in [-0.39, 0.29) is 0 Å². The first-order chi connectivity index (χ1) is 9.16. The molecule has 1 aliphatic heterocycles. The molecule has 0 bridgehead atoms. The van der Waals surface area contributed by atoms with E-state index in [2.05, 4.69) is 23.8 Å². The fourth-order valence-electron chi connectivity index (χ4n) is 2.63. The van der Waals surface area contributed by atoms with Gasteiger partial charge in [0.15, 0.2) is 0 Å². The van der Waals surface area contributed by atoms with Gasteiger partial charge in [-0.3, -0.25) is 0 Å². The van der Waals surface area contributed by atoms with Gasteiger partial charge in [-0.1, -0.05) is 25.4 Å². The third-order valence-electron chi connectivity index (χ3n) is 3.58. The van der Waals surface area contributed by atoms with Crippen LogP contribution in [0, 0.1) is 0 Å². The third-order valence-corrected chi connectivity index (χ3v) is 3.83. The summed E-state index contributed by atoms with van der Waals surface area (Å²) in [6.45, 7) is 6.34. The summed E-state index contributed by atoms with van der Waals surface area (Å²) in [4.78, 5) is 0. The van der Waals surface area contributed by atoms with Gasteiger partial charge in [-0.15, -0.1) is 0 Å². The van der Waals surface area contributed by atoms with E-state index >= 15 is 0 Å². The zero-order valence-corrected chi connectivity index (χ0v) is 12.0. The topological polar surface area (TPSA) is 29.9 Å². The fourth-order valence-corrected chi connectivity index (χ4v) is 2.76. The van der Waals surface area contributed by atoms with Crippen molar-refractivity contribution in [2.24, 2.45) is 0 Å². The molecule has 0 aliphatic carbocycles. The molecule has 2 aromatic rings. The standard InChI is InChI=1S/C15H18ClN3/c1-10(2)15-13-9-17-8-7-14(13)19(18-15)12-5-3-11(16)4-6-12/h3-6,10,17H,7-9H2,1-2H3. The summed E-state index contributed by atoms with van der Waals surface area (Å²) in [6, 6.07) is 7.89. The molecule has 0 saturated heterocycles. The first-order valence-corrected chi connectivity index (χ1v) is 7.12. The van der Waals surface area contributed by atoms with E-state index in [1.807, 2.05) is 24.3 Å². The van der Waals surface area contributed by atoms with Gasteiger partial charge in [0.05, 0.1) is 17.1 Å². The van der Waals surface area contributed by atoms with Crippen molar-refractivity contribution in [2.45, 2.75) is 32.7 Å². The zero-order chi connectivity index (χ0) is 13.4. The SMILES string of the molecule is CC(C)c1nn(-c2ccc(Cl)cc2)c2c1CNCC2. The first-order valence-electron chi connectivity index (χ1n) is 6.74. The second-order valence-corrected chi connectivity index (χ2v) is 5.72. The molecule has 3 nitrogen and oxygen atoms in total. The molecule has 0 radical (unpaired) electrons. The molecular weight excluding hydrogens is 258 g/mol. The second-order valence-electron chi connectivity index (χ2n) is 5.28. The molecule has 4 heteroatoms. The monoisotopic (exact) mass is 275 g/mol. The Morgan fingerprint density at radius 1 is 1.26 bits per heavy atom. The highest BCUT2D eigenvalue weighted by Crippen LogP contribution is 2.27. The lowest BCUT2D eigenvalue weighted by Crippen LogP contribution is -2.25. The molecule has 1 aliphatic rings. The van der Waals surface area contributed by atoms with Gasteiger partial charge in [0.25, 0.3) is 0 Å². The Morgan fingerprint density at radius 2 is 2.00 bits per heavy atom. The van der Waals surface area contributed by atoms with E-state index in [9.17, 15) is 0 Å². The van der Waals surface area contributed by atoms with Crippen LogP contribution in [0.15, 0.2) is 24.3 Å². The molecule has 3 rings (SSSR count). The van der Waals surface area contributed by atoms with E-state index in [1.54, 1.807) is 0 Å². The van der Waals surface area contributed by atoms with Crippen molar-refractivity contribution in [1.82, 2.24) is 15.1 Å². The predicted octanol–water partition coefficient (Wildman–Crippen LogP) is 3.29. The Kier molecular flexibility index (Phi) is 3.33. The number of nitrogens with one attached hydrogen (secondary N) is 1. The van der Waals surface area contributed by atoms with Crippen LogP contribution >= 0.6 is 11.6 Å². The predicted molar refractivity (Wildman–Crippen MR) is 78.1 cm³/mol. The maximum absolute atomic E-state index is 5.96. The largest absolute Gasteiger partial charge is 0.312 e. The Hall–Kier alpha value is -1.32. The van der Waals surface area contributed by atoms with E-state index < -0.39 is 0 Å². The van der Waals surface area contributed by atoms with Gasteiger partial charge in [0.2, 0.25) is 0 Å². The molecule has 1 aromatic carbocycles. The zero-order valence-electron chi connectivity index (χ0n) is 11.3. The molecule has 0 spiro atoms. The molecule has 100 valence electrons. The number of nitrogens with zero attached hydrogens (tertiary/aromatic N) is 2. The van der Waals surface area contributed by atoms with Crippen molar-refractivity contribution in [3.63, 3.8) is 0 Å². The third kappa shape index (κ3) is 2.28. The van der Waals surface area contributed by atoms with Gasteiger partial charge in [-0.2, -0.15) is 5.10 Å². The van der Waals surface area contributed by atoms with E-state index in [0.717, 1.165) is 30.2 Å². The van der Waals surface area contributed by atoms with Gasteiger partial charge in [-0.25, -0.2) is 4.68 Å². The van der Waals surface area contributed by atoms with Crippen molar-refractivity contribution in [3.05, 3.63) is 46.2 Å². The lowest BCUT2D eigenvalue weighted by Gasteiger charge is -2.16. The molecule has 1 aromatic heterocycles. The number of benzene rings is 1. The van der Waals surface area contributed by atoms with Crippen LogP contribution in [0.25, 0.3) is 5.69 Å². The quantitative estimate of drug-likeness (QED) is 0.911. The minimum absolute atomic E-state index is 0.446. The minimum Gasteiger partial charge on any atom is -0.312 e. The van der Waals surface area contributed by atoms with Gasteiger partial charge in [0, 0.05) is 30.1 Å². The molecule has 2 heterocycles. The van der Waals surface area contributed by atoms with Crippen molar-refractivity contribution in [1.29, 1.82) is 0 Å². The summed E-state index contributed by atoms with van der Waals surface area (Å²) in [6.07, 6.45) is 1.03. The lowest BCUT2D eigenvalue weighted by atomic mass is 10.0. The molecule has 0 amide bonds. The van der Waals surface area contributed by atoms with Crippen LogP contribution in [0.5, 0.6) is 0 Å². The number of halogens is 1. The highest BCUT2D eigenvalue weighted by Gasteiger charge is 2.22. The van der Waals surface area contributed by atoms with Crippen molar-refractivity contribution >= 4 is 11.6 Å². The molecule has 19 heavy (non-hydrogen) atoms. The number of rotatable bonds is 2. The van der Waals surface area contributed by atoms with Crippen LogP contribution in [0.2, 0.25) is 5.02 Å².